The molecule has 3 aromatic rings. The number of nitrogens with two attached hydrogens (primary N) is 3. The molecule has 340 valence electrons. The SMILES string of the molecule is C.C.C.C=C[C@]1(CC)O[C@@H](n2ccc(N)nc2=O)[C@H](F)[C@@H]1C.CCC1(CC)O[C@@H](n2ccc(N)nc2=O)[C@H](F)[C@@H]1C.CC[C@]1(CO)O[C@@H](n2ccc(N)nc2=O)[C@H](F)[C@@H]1O. The number of ether oxygens (including phenoxy) is 3. The number of anilines is 3. The second-order valence-electron chi connectivity index (χ2n) is 14.4. The highest BCUT2D eigenvalue weighted by atomic mass is 19.1. The monoisotopic (exact) mass is 857 g/mol. The molecular weight excluding hydrogens is 791 g/mol. The molecule has 0 unspecified atom stereocenters. The molecular formula is C40H66F3N9O8. The Morgan fingerprint density at radius 1 is 0.667 bits per heavy atom. The van der Waals surface area contributed by atoms with Gasteiger partial charge >= 0.3 is 17.1 Å². The molecule has 0 saturated carbocycles. The van der Waals surface area contributed by atoms with Gasteiger partial charge in [0.05, 0.1) is 17.8 Å². The second kappa shape index (κ2) is 21.2. The van der Waals surface area contributed by atoms with Crippen LogP contribution in [0.4, 0.5) is 30.6 Å². The van der Waals surface area contributed by atoms with E-state index < -0.39 is 83.8 Å². The highest BCUT2D eigenvalue weighted by Gasteiger charge is 2.55. The summed E-state index contributed by atoms with van der Waals surface area (Å²) in [6.07, 6.45) is -1.22. The summed E-state index contributed by atoms with van der Waals surface area (Å²) in [5, 5.41) is 19.2. The number of halogens is 3. The van der Waals surface area contributed by atoms with Gasteiger partial charge in [-0.2, -0.15) is 15.0 Å². The minimum atomic E-state index is -1.84. The Kier molecular flexibility index (Phi) is 18.9. The number of rotatable bonds is 9. The molecule has 11 atom stereocenters. The third kappa shape index (κ3) is 9.94. The average molecular weight is 858 g/mol. The van der Waals surface area contributed by atoms with Crippen molar-refractivity contribution >= 4 is 17.5 Å². The van der Waals surface area contributed by atoms with Gasteiger partial charge in [0.1, 0.15) is 29.2 Å². The number of nitrogen functional groups attached to an aromatic ring is 3. The average Bonchev–Trinajstić information content (AvgIpc) is 3.71. The fourth-order valence-electron chi connectivity index (χ4n) is 7.55. The van der Waals surface area contributed by atoms with E-state index >= 15 is 0 Å². The second-order valence-corrected chi connectivity index (χ2v) is 14.4. The summed E-state index contributed by atoms with van der Waals surface area (Å²) in [4.78, 5) is 45.9. The number of hydrogen-bond acceptors (Lipinski definition) is 14. The minimum absolute atomic E-state index is 0. The lowest BCUT2D eigenvalue weighted by Gasteiger charge is -2.30. The Morgan fingerprint density at radius 2 is 1.02 bits per heavy atom. The highest BCUT2D eigenvalue weighted by Crippen LogP contribution is 2.47. The lowest BCUT2D eigenvalue weighted by molar-refractivity contribution is -0.130. The number of aliphatic hydroxyl groups excluding tert-OH is 2. The zero-order chi connectivity index (χ0) is 42.6. The summed E-state index contributed by atoms with van der Waals surface area (Å²) in [5.74, 6) is -0.409. The normalized spacial score (nSPS) is 31.2. The standard InChI is InChI=1S/C13H20FN3O2.C13H18FN3O2.C11H16FN3O4.3CH4/c2*1-4-13(5-2)8(3)10(14)11(19-13)17-7-6-9(15)16-12(17)18;1-2-11(5-16)8(17)7(12)9(19-11)15-4-3-6(13)14-10(15)18;;;/h6-8,10-11H,4-5H2,1-3H3,(H2,15,16,18);4,6-8,10-11H,1,5H2,2-3H3,(H2,15,16,18);3-4,7-9,16-17H,2,5H2,1H3,(H2,13,14,18);3*1H4/t8-,10+,11+;8-,10+,11+,13+;7-,8+,9-,11-;;;/m001.../s1. The molecule has 20 heteroatoms. The first-order valence-corrected chi connectivity index (χ1v) is 18.8. The zero-order valence-corrected chi connectivity index (χ0v) is 32.9. The van der Waals surface area contributed by atoms with Crippen molar-refractivity contribution < 1.29 is 37.6 Å². The topological polar surface area (TPSA) is 251 Å². The van der Waals surface area contributed by atoms with Gasteiger partial charge in [-0.3, -0.25) is 13.7 Å². The van der Waals surface area contributed by atoms with Gasteiger partial charge in [0.25, 0.3) is 0 Å². The number of hydrogen-bond donors (Lipinski definition) is 5. The Morgan fingerprint density at radius 3 is 1.30 bits per heavy atom. The molecule has 3 fully saturated rings. The van der Waals surface area contributed by atoms with Crippen LogP contribution in [0, 0.1) is 11.8 Å². The predicted octanol–water partition coefficient (Wildman–Crippen LogP) is 4.65. The van der Waals surface area contributed by atoms with Crippen LogP contribution in [0.5, 0.6) is 0 Å². The third-order valence-corrected chi connectivity index (χ3v) is 11.6. The smallest absolute Gasteiger partial charge is 0.351 e. The van der Waals surface area contributed by atoms with Crippen molar-refractivity contribution in [2.75, 3.05) is 23.8 Å². The van der Waals surface area contributed by atoms with Crippen LogP contribution in [0.15, 0.2) is 63.8 Å². The maximum absolute atomic E-state index is 14.5. The van der Waals surface area contributed by atoms with Gasteiger partial charge in [0.2, 0.25) is 0 Å². The van der Waals surface area contributed by atoms with Crippen LogP contribution in [0.3, 0.4) is 0 Å². The van der Waals surface area contributed by atoms with Crippen LogP contribution >= 0.6 is 0 Å². The molecule has 3 saturated heterocycles. The molecule has 3 aliphatic heterocycles. The van der Waals surface area contributed by atoms with Crippen molar-refractivity contribution in [1.82, 2.24) is 28.7 Å². The minimum Gasteiger partial charge on any atom is -0.393 e. The van der Waals surface area contributed by atoms with E-state index in [2.05, 4.69) is 21.5 Å². The number of aromatic nitrogens is 6. The van der Waals surface area contributed by atoms with Crippen molar-refractivity contribution in [2.24, 2.45) is 11.8 Å². The van der Waals surface area contributed by atoms with Crippen LogP contribution in [0.25, 0.3) is 0 Å². The molecule has 0 spiro atoms. The van der Waals surface area contributed by atoms with E-state index in [9.17, 15) is 37.8 Å². The molecule has 17 nitrogen and oxygen atoms in total. The van der Waals surface area contributed by atoms with Gasteiger partial charge < -0.3 is 41.6 Å². The van der Waals surface area contributed by atoms with Gasteiger partial charge in [-0.1, -0.05) is 69.9 Å². The van der Waals surface area contributed by atoms with E-state index in [0.717, 1.165) is 9.13 Å². The van der Waals surface area contributed by atoms with Crippen LogP contribution in [-0.2, 0) is 14.2 Å². The van der Waals surface area contributed by atoms with E-state index in [1.165, 1.54) is 41.4 Å². The molecule has 8 N–H and O–H groups in total. The summed E-state index contributed by atoms with van der Waals surface area (Å²) in [7, 11) is 0. The molecule has 3 aromatic heterocycles. The van der Waals surface area contributed by atoms with Gasteiger partial charge in [0, 0.05) is 30.4 Å². The lowest BCUT2D eigenvalue weighted by atomic mass is 9.83. The largest absolute Gasteiger partial charge is 0.393 e. The fraction of sp³-hybridized carbons (Fsp3) is 0.650. The van der Waals surface area contributed by atoms with Gasteiger partial charge in [0.15, 0.2) is 37.2 Å². The molecule has 0 aromatic carbocycles. The molecule has 60 heavy (non-hydrogen) atoms. The molecule has 0 bridgehead atoms. The Labute approximate surface area is 349 Å². The predicted molar refractivity (Wildman–Crippen MR) is 225 cm³/mol. The fourth-order valence-corrected chi connectivity index (χ4v) is 7.55. The van der Waals surface area contributed by atoms with Crippen molar-refractivity contribution in [2.45, 2.75) is 150 Å². The van der Waals surface area contributed by atoms with Crippen LogP contribution in [-0.4, -0.2) is 86.9 Å². The van der Waals surface area contributed by atoms with E-state index in [0.29, 0.717) is 19.3 Å². The number of alkyl halides is 3. The first kappa shape index (κ1) is 53.4. The third-order valence-electron chi connectivity index (χ3n) is 11.6. The maximum Gasteiger partial charge on any atom is 0.351 e. The lowest BCUT2D eigenvalue weighted by Crippen LogP contribution is -2.44. The first-order valence-electron chi connectivity index (χ1n) is 18.8. The van der Waals surface area contributed by atoms with Gasteiger partial charge in [-0.15, -0.1) is 6.58 Å². The zero-order valence-electron chi connectivity index (χ0n) is 32.9. The number of nitrogens with zero attached hydrogens (tertiary/aromatic N) is 6. The Hall–Kier alpha value is -4.63. The Bertz CT molecular complexity index is 1930. The van der Waals surface area contributed by atoms with Crippen molar-refractivity contribution in [3.05, 3.63) is 80.9 Å². The summed E-state index contributed by atoms with van der Waals surface area (Å²) in [5.41, 5.74) is 11.5. The van der Waals surface area contributed by atoms with E-state index in [4.69, 9.17) is 31.4 Å². The van der Waals surface area contributed by atoms with Crippen LogP contribution in [0.2, 0.25) is 0 Å². The molecule has 0 amide bonds. The van der Waals surface area contributed by atoms with E-state index in [-0.39, 0.29) is 58.0 Å². The molecule has 3 aliphatic rings. The first-order chi connectivity index (χ1) is 26.8. The maximum atomic E-state index is 14.5. The van der Waals surface area contributed by atoms with Crippen molar-refractivity contribution in [3.8, 4) is 0 Å². The van der Waals surface area contributed by atoms with E-state index in [1.807, 2.05) is 27.7 Å². The van der Waals surface area contributed by atoms with Gasteiger partial charge in [-0.25, -0.2) is 27.6 Å². The molecule has 0 radical (unpaired) electrons. The summed E-state index contributed by atoms with van der Waals surface area (Å²) in [6.45, 7) is 14.3. The molecule has 0 aliphatic carbocycles. The summed E-state index contributed by atoms with van der Waals surface area (Å²) >= 11 is 0. The summed E-state index contributed by atoms with van der Waals surface area (Å²) in [6, 6.07) is 4.25. The Balaban J connectivity index is 0.000000439. The number of aliphatic hydroxyl groups is 2. The van der Waals surface area contributed by atoms with Crippen molar-refractivity contribution in [3.63, 3.8) is 0 Å². The quantitative estimate of drug-likeness (QED) is 0.184. The molecule has 6 rings (SSSR count). The van der Waals surface area contributed by atoms with Gasteiger partial charge in [-0.05, 0) is 43.9 Å². The molecule has 6 heterocycles. The van der Waals surface area contributed by atoms with Crippen LogP contribution < -0.4 is 34.3 Å². The van der Waals surface area contributed by atoms with E-state index in [1.54, 1.807) is 19.9 Å². The van der Waals surface area contributed by atoms with Crippen LogP contribution in [0.1, 0.15) is 108 Å². The summed E-state index contributed by atoms with van der Waals surface area (Å²) < 4.78 is 63.3. The highest BCUT2D eigenvalue weighted by molar-refractivity contribution is 5.25. The van der Waals surface area contributed by atoms with Crippen molar-refractivity contribution in [1.29, 1.82) is 0 Å².